The van der Waals surface area contributed by atoms with E-state index in [-0.39, 0.29) is 15.8 Å². The first-order valence-corrected chi connectivity index (χ1v) is 9.71. The molecule has 0 amide bonds. The molecule has 130 valence electrons. The first-order valence-electron chi connectivity index (χ1n) is 6.97. The molecule has 1 aromatic heterocycles. The third-order valence-corrected chi connectivity index (χ3v) is 5.86. The number of thiazole rings is 1. The van der Waals surface area contributed by atoms with Crippen molar-refractivity contribution in [2.75, 3.05) is 11.8 Å². The van der Waals surface area contributed by atoms with Crippen molar-refractivity contribution in [3.8, 4) is 17.0 Å². The summed E-state index contributed by atoms with van der Waals surface area (Å²) in [6, 6.07) is 10.5. The van der Waals surface area contributed by atoms with Gasteiger partial charge in [0.05, 0.1) is 17.7 Å². The molecule has 1 heterocycles. The molecule has 0 aliphatic heterocycles. The van der Waals surface area contributed by atoms with Crippen molar-refractivity contribution in [1.29, 1.82) is 0 Å². The van der Waals surface area contributed by atoms with E-state index in [9.17, 15) is 12.8 Å². The fourth-order valence-corrected chi connectivity index (χ4v) is 4.31. The molecule has 0 saturated carbocycles. The van der Waals surface area contributed by atoms with E-state index in [4.69, 9.17) is 16.3 Å². The van der Waals surface area contributed by atoms with Gasteiger partial charge in [-0.05, 0) is 24.3 Å². The minimum Gasteiger partial charge on any atom is -0.494 e. The van der Waals surface area contributed by atoms with E-state index in [1.807, 2.05) is 6.07 Å². The Hall–Kier alpha value is -2.16. The number of halogens is 2. The summed E-state index contributed by atoms with van der Waals surface area (Å²) < 4.78 is 45.6. The van der Waals surface area contributed by atoms with Gasteiger partial charge in [0.1, 0.15) is 0 Å². The highest BCUT2D eigenvalue weighted by Gasteiger charge is 2.19. The zero-order valence-electron chi connectivity index (χ0n) is 12.9. The number of nitrogens with zero attached hydrogens (tertiary/aromatic N) is 1. The summed E-state index contributed by atoms with van der Waals surface area (Å²) in [5.74, 6) is -0.796. The number of ether oxygens (including phenoxy) is 1. The maximum atomic E-state index is 13.7. The van der Waals surface area contributed by atoms with Crippen LogP contribution in [0, 0.1) is 5.82 Å². The molecule has 1 N–H and O–H groups in total. The summed E-state index contributed by atoms with van der Waals surface area (Å²) >= 11 is 7.22. The van der Waals surface area contributed by atoms with Gasteiger partial charge in [-0.2, -0.15) is 0 Å². The number of sulfonamides is 1. The van der Waals surface area contributed by atoms with Gasteiger partial charge in [0.2, 0.25) is 0 Å². The first-order chi connectivity index (χ1) is 11.9. The van der Waals surface area contributed by atoms with E-state index in [1.165, 1.54) is 19.2 Å². The number of methoxy groups -OCH3 is 1. The van der Waals surface area contributed by atoms with E-state index in [0.29, 0.717) is 16.3 Å². The normalized spacial score (nSPS) is 11.3. The predicted molar refractivity (Wildman–Crippen MR) is 96.3 cm³/mol. The molecule has 0 bridgehead atoms. The minimum atomic E-state index is -3.97. The zero-order chi connectivity index (χ0) is 18.0. The summed E-state index contributed by atoms with van der Waals surface area (Å²) in [6.07, 6.45) is 0. The topological polar surface area (TPSA) is 68.3 Å². The monoisotopic (exact) mass is 398 g/mol. The molecule has 5 nitrogen and oxygen atoms in total. The fourth-order valence-electron chi connectivity index (χ4n) is 2.10. The third-order valence-electron chi connectivity index (χ3n) is 3.31. The molecule has 0 aliphatic rings. The summed E-state index contributed by atoms with van der Waals surface area (Å²) in [7, 11) is -2.67. The lowest BCUT2D eigenvalue weighted by atomic mass is 10.2. The van der Waals surface area contributed by atoms with Crippen LogP contribution in [-0.2, 0) is 10.0 Å². The van der Waals surface area contributed by atoms with Gasteiger partial charge in [0.25, 0.3) is 10.0 Å². The van der Waals surface area contributed by atoms with Gasteiger partial charge in [0.15, 0.2) is 16.7 Å². The van der Waals surface area contributed by atoms with Crippen LogP contribution in [0.5, 0.6) is 5.75 Å². The SMILES string of the molecule is COc1ccc(S(=O)(=O)Nc2nc(-c3ccccc3Cl)cs2)cc1F. The largest absolute Gasteiger partial charge is 0.494 e. The second-order valence-electron chi connectivity index (χ2n) is 4.92. The van der Waals surface area contributed by atoms with Crippen molar-refractivity contribution in [3.05, 3.63) is 58.7 Å². The number of anilines is 1. The lowest BCUT2D eigenvalue weighted by Crippen LogP contribution is -2.13. The highest BCUT2D eigenvalue weighted by molar-refractivity contribution is 7.93. The van der Waals surface area contributed by atoms with Crippen molar-refractivity contribution in [3.63, 3.8) is 0 Å². The highest BCUT2D eigenvalue weighted by atomic mass is 35.5. The van der Waals surface area contributed by atoms with Crippen LogP contribution in [0.25, 0.3) is 11.3 Å². The predicted octanol–water partition coefficient (Wildman–Crippen LogP) is 4.41. The summed E-state index contributed by atoms with van der Waals surface area (Å²) in [4.78, 5) is 4.01. The Morgan fingerprint density at radius 3 is 2.68 bits per heavy atom. The molecule has 0 aliphatic carbocycles. The Morgan fingerprint density at radius 1 is 1.24 bits per heavy atom. The fraction of sp³-hybridized carbons (Fsp3) is 0.0625. The molecule has 25 heavy (non-hydrogen) atoms. The Balaban J connectivity index is 1.87. The maximum Gasteiger partial charge on any atom is 0.263 e. The lowest BCUT2D eigenvalue weighted by molar-refractivity contribution is 0.385. The molecule has 0 spiro atoms. The van der Waals surface area contributed by atoms with Crippen LogP contribution in [0.15, 0.2) is 52.7 Å². The minimum absolute atomic E-state index is 0.0331. The van der Waals surface area contributed by atoms with Gasteiger partial charge in [-0.3, -0.25) is 4.72 Å². The molecule has 2 aromatic carbocycles. The summed E-state index contributed by atoms with van der Waals surface area (Å²) in [6.45, 7) is 0. The molecule has 0 fully saturated rings. The van der Waals surface area contributed by atoms with Crippen LogP contribution in [0.1, 0.15) is 0 Å². The smallest absolute Gasteiger partial charge is 0.263 e. The third kappa shape index (κ3) is 3.76. The molecule has 0 saturated heterocycles. The van der Waals surface area contributed by atoms with Gasteiger partial charge >= 0.3 is 0 Å². The van der Waals surface area contributed by atoms with Gasteiger partial charge < -0.3 is 4.74 Å². The van der Waals surface area contributed by atoms with Crippen molar-refractivity contribution in [2.45, 2.75) is 4.90 Å². The number of rotatable bonds is 5. The molecule has 3 aromatic rings. The van der Waals surface area contributed by atoms with Crippen LogP contribution in [0.3, 0.4) is 0 Å². The molecule has 0 atom stereocenters. The van der Waals surface area contributed by atoms with Gasteiger partial charge in [0, 0.05) is 16.0 Å². The first kappa shape index (κ1) is 17.7. The number of hydrogen-bond donors (Lipinski definition) is 1. The van der Waals surface area contributed by atoms with Crippen molar-refractivity contribution in [1.82, 2.24) is 4.98 Å². The molecule has 0 unspecified atom stereocenters. The maximum absolute atomic E-state index is 13.7. The van der Waals surface area contributed by atoms with Crippen LogP contribution in [0.2, 0.25) is 5.02 Å². The number of nitrogens with one attached hydrogen (secondary N) is 1. The highest BCUT2D eigenvalue weighted by Crippen LogP contribution is 2.31. The van der Waals surface area contributed by atoms with E-state index >= 15 is 0 Å². The van der Waals surface area contributed by atoms with Gasteiger partial charge in [-0.15, -0.1) is 11.3 Å². The Bertz CT molecular complexity index is 1020. The van der Waals surface area contributed by atoms with Crippen molar-refractivity contribution < 1.29 is 17.5 Å². The summed E-state index contributed by atoms with van der Waals surface area (Å²) in [5.41, 5.74) is 1.25. The molecule has 3 rings (SSSR count). The lowest BCUT2D eigenvalue weighted by Gasteiger charge is -2.07. The van der Waals surface area contributed by atoms with Crippen LogP contribution < -0.4 is 9.46 Å². The average molecular weight is 399 g/mol. The Labute approximate surface area is 153 Å². The van der Waals surface area contributed by atoms with Gasteiger partial charge in [-0.25, -0.2) is 17.8 Å². The second kappa shape index (κ2) is 6.99. The number of aromatic nitrogens is 1. The molecule has 9 heteroatoms. The van der Waals surface area contributed by atoms with E-state index in [0.717, 1.165) is 17.4 Å². The Kier molecular flexibility index (Phi) is 4.94. The molecule has 0 radical (unpaired) electrons. The zero-order valence-corrected chi connectivity index (χ0v) is 15.3. The van der Waals surface area contributed by atoms with Crippen molar-refractivity contribution >= 4 is 38.1 Å². The quantitative estimate of drug-likeness (QED) is 0.691. The summed E-state index contributed by atoms with van der Waals surface area (Å²) in [5, 5.41) is 2.36. The Morgan fingerprint density at radius 2 is 2.00 bits per heavy atom. The van der Waals surface area contributed by atoms with Crippen LogP contribution in [0.4, 0.5) is 9.52 Å². The van der Waals surface area contributed by atoms with E-state index < -0.39 is 15.8 Å². The second-order valence-corrected chi connectivity index (χ2v) is 7.87. The van der Waals surface area contributed by atoms with Crippen LogP contribution >= 0.6 is 22.9 Å². The van der Waals surface area contributed by atoms with Crippen molar-refractivity contribution in [2.24, 2.45) is 0 Å². The van der Waals surface area contributed by atoms with Gasteiger partial charge in [-0.1, -0.05) is 29.8 Å². The van der Waals surface area contributed by atoms with E-state index in [1.54, 1.807) is 23.6 Å². The number of hydrogen-bond acceptors (Lipinski definition) is 5. The number of benzene rings is 2. The molecular formula is C16H12ClFN2O3S2. The van der Waals surface area contributed by atoms with Crippen LogP contribution in [-0.4, -0.2) is 20.5 Å². The standard InChI is InChI=1S/C16H12ClFN2O3S2/c1-23-15-7-6-10(8-13(15)18)25(21,22)20-16-19-14(9-24-16)11-4-2-3-5-12(11)17/h2-9H,1H3,(H,19,20). The van der Waals surface area contributed by atoms with E-state index in [2.05, 4.69) is 9.71 Å². The average Bonchev–Trinajstić information content (AvgIpc) is 3.02. The molecular weight excluding hydrogens is 387 g/mol.